The summed E-state index contributed by atoms with van der Waals surface area (Å²) in [7, 11) is -0.973. The van der Waals surface area contributed by atoms with Gasteiger partial charge >= 0.3 is 15.0 Å². The number of carbonyl (C=O) groups is 2. The number of halogens is 1. The average Bonchev–Trinajstić information content (AvgIpc) is 3.05. The van der Waals surface area contributed by atoms with Gasteiger partial charge in [0.15, 0.2) is 5.78 Å². The second-order valence-electron chi connectivity index (χ2n) is 8.24. The van der Waals surface area contributed by atoms with Crippen molar-refractivity contribution in [1.29, 1.82) is 0 Å². The van der Waals surface area contributed by atoms with Crippen LogP contribution in [-0.2, 0) is 18.8 Å². The Balaban J connectivity index is 2.47. The van der Waals surface area contributed by atoms with Crippen LogP contribution in [0.5, 0.6) is 0 Å². The normalized spacial score (nSPS) is 20.6. The summed E-state index contributed by atoms with van der Waals surface area (Å²) >= 11 is 0. The fourth-order valence-corrected chi connectivity index (χ4v) is 4.66. The molecule has 1 aliphatic rings. The SMILES string of the molecule is CCCCC(F)C(CC[C@H]1C=CC(=O)C1C/C=C\CCCC(=O)OCC)O[Si+](C)C. The van der Waals surface area contributed by atoms with Crippen molar-refractivity contribution in [3.63, 3.8) is 0 Å². The minimum Gasteiger partial charge on any atom is -0.466 e. The third-order valence-electron chi connectivity index (χ3n) is 5.41. The van der Waals surface area contributed by atoms with E-state index < -0.39 is 15.2 Å². The zero-order valence-corrected chi connectivity index (χ0v) is 20.2. The number of ether oxygens (including phenoxy) is 1. The molecule has 0 aromatic carbocycles. The number of unbranched alkanes of at least 4 members (excludes halogenated alkanes) is 2. The molecule has 170 valence electrons. The van der Waals surface area contributed by atoms with Crippen LogP contribution in [0.4, 0.5) is 4.39 Å². The lowest BCUT2D eigenvalue weighted by atomic mass is 9.86. The number of esters is 1. The van der Waals surface area contributed by atoms with Crippen LogP contribution in [0.3, 0.4) is 0 Å². The third-order valence-corrected chi connectivity index (χ3v) is 6.19. The number of alkyl halides is 1. The number of hydrogen-bond donors (Lipinski definition) is 0. The lowest BCUT2D eigenvalue weighted by Gasteiger charge is -2.22. The molecule has 0 spiro atoms. The van der Waals surface area contributed by atoms with Crippen molar-refractivity contribution < 1.29 is 23.1 Å². The summed E-state index contributed by atoms with van der Waals surface area (Å²) < 4.78 is 25.5. The molecule has 30 heavy (non-hydrogen) atoms. The summed E-state index contributed by atoms with van der Waals surface area (Å²) in [4.78, 5) is 23.6. The van der Waals surface area contributed by atoms with E-state index in [1.807, 2.05) is 31.3 Å². The van der Waals surface area contributed by atoms with E-state index in [1.165, 1.54) is 0 Å². The zero-order valence-electron chi connectivity index (χ0n) is 19.2. The molecule has 0 aromatic rings. The maximum absolute atomic E-state index is 14.7. The smallest absolute Gasteiger partial charge is 0.466 e. The van der Waals surface area contributed by atoms with Gasteiger partial charge in [0, 0.05) is 12.3 Å². The lowest BCUT2D eigenvalue weighted by molar-refractivity contribution is -0.143. The van der Waals surface area contributed by atoms with Gasteiger partial charge in [-0.3, -0.25) is 9.59 Å². The van der Waals surface area contributed by atoms with E-state index in [0.29, 0.717) is 32.3 Å². The topological polar surface area (TPSA) is 52.6 Å². The molecule has 0 amide bonds. The van der Waals surface area contributed by atoms with Crippen molar-refractivity contribution in [3.05, 3.63) is 24.3 Å². The Morgan fingerprint density at radius 1 is 1.23 bits per heavy atom. The van der Waals surface area contributed by atoms with Gasteiger partial charge in [-0.05, 0) is 57.4 Å². The highest BCUT2D eigenvalue weighted by molar-refractivity contribution is 6.48. The fourth-order valence-electron chi connectivity index (χ4n) is 3.79. The molecule has 4 nitrogen and oxygen atoms in total. The minimum atomic E-state index is -0.973. The Hall–Kier alpha value is -1.27. The summed E-state index contributed by atoms with van der Waals surface area (Å²) in [6.45, 7) is 8.37. The summed E-state index contributed by atoms with van der Waals surface area (Å²) in [6.07, 6.45) is 13.0. The average molecular weight is 440 g/mol. The second-order valence-corrected chi connectivity index (χ2v) is 10.3. The van der Waals surface area contributed by atoms with Gasteiger partial charge in [0.2, 0.25) is 0 Å². The minimum absolute atomic E-state index is 0.0614. The predicted molar refractivity (Wildman–Crippen MR) is 121 cm³/mol. The van der Waals surface area contributed by atoms with Crippen molar-refractivity contribution in [3.8, 4) is 0 Å². The van der Waals surface area contributed by atoms with Crippen LogP contribution in [0, 0.1) is 11.8 Å². The maximum Gasteiger partial charge on any atom is 0.467 e. The van der Waals surface area contributed by atoms with E-state index in [9.17, 15) is 14.0 Å². The predicted octanol–water partition coefficient (Wildman–Crippen LogP) is 5.98. The van der Waals surface area contributed by atoms with Crippen LogP contribution in [0.2, 0.25) is 13.1 Å². The van der Waals surface area contributed by atoms with Gasteiger partial charge in [-0.15, -0.1) is 0 Å². The largest absolute Gasteiger partial charge is 0.467 e. The number of carbonyl (C=O) groups excluding carboxylic acids is 2. The van der Waals surface area contributed by atoms with E-state index in [0.717, 1.165) is 32.1 Å². The second kappa shape index (κ2) is 15.5. The van der Waals surface area contributed by atoms with Gasteiger partial charge in [0.25, 0.3) is 0 Å². The van der Waals surface area contributed by atoms with Gasteiger partial charge in [-0.25, -0.2) is 8.82 Å². The molecule has 4 atom stereocenters. The van der Waals surface area contributed by atoms with Crippen molar-refractivity contribution >= 4 is 20.8 Å². The number of hydrogen-bond acceptors (Lipinski definition) is 4. The molecule has 6 heteroatoms. The molecule has 0 N–H and O–H groups in total. The molecule has 0 saturated carbocycles. The molecule has 0 saturated heterocycles. The fraction of sp³-hybridized carbons (Fsp3) is 0.750. The summed E-state index contributed by atoms with van der Waals surface area (Å²) in [6, 6.07) is 0. The molecular weight excluding hydrogens is 399 g/mol. The van der Waals surface area contributed by atoms with E-state index in [4.69, 9.17) is 9.16 Å². The van der Waals surface area contributed by atoms with Gasteiger partial charge in [0.1, 0.15) is 12.3 Å². The lowest BCUT2D eigenvalue weighted by Crippen LogP contribution is -2.31. The molecule has 0 bridgehead atoms. The molecule has 0 aromatic heterocycles. The number of allylic oxidation sites excluding steroid dienone is 4. The van der Waals surface area contributed by atoms with Crippen molar-refractivity contribution in [2.24, 2.45) is 11.8 Å². The van der Waals surface area contributed by atoms with Crippen LogP contribution in [-0.4, -0.2) is 39.7 Å². The van der Waals surface area contributed by atoms with Crippen LogP contribution >= 0.6 is 0 Å². The Labute approximate surface area is 184 Å². The van der Waals surface area contributed by atoms with Crippen molar-refractivity contribution in [2.45, 2.75) is 97.0 Å². The van der Waals surface area contributed by atoms with E-state index in [2.05, 4.69) is 6.92 Å². The molecule has 1 aliphatic carbocycles. The molecule has 0 fully saturated rings. The van der Waals surface area contributed by atoms with Gasteiger partial charge < -0.3 is 4.74 Å². The molecule has 0 aliphatic heterocycles. The first kappa shape index (κ1) is 26.8. The standard InChI is InChI=1S/C24H40FO4Si/c1-5-7-13-21(25)23(29-30(3)4)18-16-19-15-17-22(26)20(19)12-10-8-9-11-14-24(27)28-6-2/h8,10,15,17,19-21,23H,5-7,9,11-14,16,18H2,1-4H3/q+1/b10-8-/t19-,20?,21?,23?/m1/s1. The van der Waals surface area contributed by atoms with E-state index in [-0.39, 0.29) is 29.7 Å². The first-order valence-corrected chi connectivity index (χ1v) is 13.9. The Morgan fingerprint density at radius 2 is 2.00 bits per heavy atom. The highest BCUT2D eigenvalue weighted by atomic mass is 28.3. The third kappa shape index (κ3) is 10.7. The zero-order chi connectivity index (χ0) is 22.4. The number of rotatable bonds is 16. The van der Waals surface area contributed by atoms with Crippen LogP contribution in [0.1, 0.15) is 71.6 Å². The maximum atomic E-state index is 14.7. The molecule has 0 radical (unpaired) electrons. The monoisotopic (exact) mass is 439 g/mol. The van der Waals surface area contributed by atoms with E-state index >= 15 is 0 Å². The van der Waals surface area contributed by atoms with Crippen LogP contribution in [0.25, 0.3) is 0 Å². The van der Waals surface area contributed by atoms with Crippen molar-refractivity contribution in [1.82, 2.24) is 0 Å². The highest BCUT2D eigenvalue weighted by Crippen LogP contribution is 2.31. The summed E-state index contributed by atoms with van der Waals surface area (Å²) in [5.41, 5.74) is 0. The molecule has 0 heterocycles. The molecule has 1 rings (SSSR count). The van der Waals surface area contributed by atoms with E-state index in [1.54, 1.807) is 13.0 Å². The van der Waals surface area contributed by atoms with Gasteiger partial charge in [-0.2, -0.15) is 0 Å². The molecular formula is C24H40FO4Si+. The van der Waals surface area contributed by atoms with Gasteiger partial charge in [-0.1, -0.05) is 38.0 Å². The highest BCUT2D eigenvalue weighted by Gasteiger charge is 2.33. The first-order valence-electron chi connectivity index (χ1n) is 11.5. The van der Waals surface area contributed by atoms with Crippen LogP contribution in [0.15, 0.2) is 24.3 Å². The quantitative estimate of drug-likeness (QED) is 0.128. The van der Waals surface area contributed by atoms with Crippen molar-refractivity contribution in [2.75, 3.05) is 6.61 Å². The first-order chi connectivity index (χ1) is 14.4. The summed E-state index contributed by atoms with van der Waals surface area (Å²) in [5.74, 6) is 0.0862. The van der Waals surface area contributed by atoms with Crippen LogP contribution < -0.4 is 0 Å². The summed E-state index contributed by atoms with van der Waals surface area (Å²) in [5, 5.41) is 0. The Kier molecular flexibility index (Phi) is 13.8. The Morgan fingerprint density at radius 3 is 2.67 bits per heavy atom. The van der Waals surface area contributed by atoms with Gasteiger partial charge in [0.05, 0.1) is 19.7 Å². The Bertz CT molecular complexity index is 561. The number of ketones is 1. The molecule has 3 unspecified atom stereocenters.